The molecule has 3 aromatic rings. The molecule has 4 rings (SSSR count). The van der Waals surface area contributed by atoms with Gasteiger partial charge in [0, 0.05) is 25.0 Å². The van der Waals surface area contributed by atoms with Crippen LogP contribution in [-0.2, 0) is 6.54 Å². The molecule has 162 valence electrons. The van der Waals surface area contributed by atoms with E-state index in [4.69, 9.17) is 4.74 Å². The quantitative estimate of drug-likeness (QED) is 0.496. The van der Waals surface area contributed by atoms with Gasteiger partial charge in [0.25, 0.3) is 5.91 Å². The molecule has 1 amide bonds. The number of ether oxygens (including phenoxy) is 1. The lowest BCUT2D eigenvalue weighted by molar-refractivity contribution is 0.0687. The molecule has 2 aromatic carbocycles. The van der Waals surface area contributed by atoms with Crippen LogP contribution in [0.15, 0.2) is 55.1 Å². The number of hydrogen-bond acceptors (Lipinski definition) is 2. The van der Waals surface area contributed by atoms with Crippen LogP contribution in [0.3, 0.4) is 0 Å². The van der Waals surface area contributed by atoms with Gasteiger partial charge in [-0.3, -0.25) is 4.79 Å². The van der Waals surface area contributed by atoms with Gasteiger partial charge in [0.05, 0.1) is 5.52 Å². The van der Waals surface area contributed by atoms with Crippen molar-refractivity contribution in [3.05, 3.63) is 78.0 Å². The van der Waals surface area contributed by atoms with Gasteiger partial charge in [-0.2, -0.15) is 0 Å². The maximum Gasteiger partial charge on any atom is 0.270 e. The molecule has 1 aliphatic heterocycles. The number of benzene rings is 2. The van der Waals surface area contributed by atoms with Crippen molar-refractivity contribution in [2.45, 2.75) is 26.3 Å². The predicted octanol–water partition coefficient (Wildman–Crippen LogP) is 5.40. The topological polar surface area (TPSA) is 34.5 Å². The number of nitrogens with zero attached hydrogens (tertiary/aromatic N) is 2. The van der Waals surface area contributed by atoms with Gasteiger partial charge in [0.15, 0.2) is 11.6 Å². The molecule has 0 N–H and O–H groups in total. The maximum atomic E-state index is 13.8. The van der Waals surface area contributed by atoms with E-state index in [1.165, 1.54) is 6.07 Å². The van der Waals surface area contributed by atoms with Gasteiger partial charge in [-0.05, 0) is 54.7 Å². The van der Waals surface area contributed by atoms with Gasteiger partial charge in [-0.15, -0.1) is 0 Å². The first kappa shape index (κ1) is 21.1. The highest BCUT2D eigenvalue weighted by Crippen LogP contribution is 2.31. The lowest BCUT2D eigenvalue weighted by atomic mass is 9.99. The number of fused-ring (bicyclic) bond motifs is 1. The van der Waals surface area contributed by atoms with Gasteiger partial charge in [-0.1, -0.05) is 31.7 Å². The van der Waals surface area contributed by atoms with E-state index in [0.29, 0.717) is 42.6 Å². The van der Waals surface area contributed by atoms with Crippen molar-refractivity contribution in [3.8, 4) is 5.75 Å². The van der Waals surface area contributed by atoms with Crippen LogP contribution in [0.1, 0.15) is 35.8 Å². The first-order valence-electron chi connectivity index (χ1n) is 10.6. The Labute approximate surface area is 180 Å². The third-order valence-electron chi connectivity index (χ3n) is 5.88. The fourth-order valence-electron chi connectivity index (χ4n) is 4.07. The number of carbonyl (C=O) groups excluding carboxylic acids is 1. The Morgan fingerprint density at radius 2 is 1.94 bits per heavy atom. The number of piperidine rings is 1. The molecule has 2 heterocycles. The molecule has 0 atom stereocenters. The fourth-order valence-corrected chi connectivity index (χ4v) is 4.07. The predicted molar refractivity (Wildman–Crippen MR) is 117 cm³/mol. The minimum atomic E-state index is -0.901. The zero-order chi connectivity index (χ0) is 22.0. The first-order chi connectivity index (χ1) is 15.0. The van der Waals surface area contributed by atoms with E-state index in [0.717, 1.165) is 29.8 Å². The first-order valence-corrected chi connectivity index (χ1v) is 10.6. The van der Waals surface area contributed by atoms with E-state index in [2.05, 4.69) is 13.5 Å². The molecule has 1 aliphatic rings. The highest BCUT2D eigenvalue weighted by Gasteiger charge is 2.26. The fraction of sp³-hybridized carbons (Fsp3) is 0.320. The van der Waals surface area contributed by atoms with Gasteiger partial charge in [-0.25, -0.2) is 8.78 Å². The highest BCUT2D eigenvalue weighted by atomic mass is 19.2. The molecule has 4 nitrogen and oxygen atoms in total. The number of amides is 1. The van der Waals surface area contributed by atoms with Crippen LogP contribution in [0, 0.1) is 17.6 Å². The minimum Gasteiger partial charge on any atom is -0.489 e. The van der Waals surface area contributed by atoms with Crippen LogP contribution in [0.5, 0.6) is 5.75 Å². The Hall–Kier alpha value is -3.15. The molecule has 1 fully saturated rings. The van der Waals surface area contributed by atoms with E-state index >= 15 is 0 Å². The normalized spacial score (nSPS) is 14.7. The summed E-state index contributed by atoms with van der Waals surface area (Å²) in [6.45, 7) is 7.91. The summed E-state index contributed by atoms with van der Waals surface area (Å²) in [6.07, 6.45) is 3.61. The molecule has 0 saturated carbocycles. The number of hydrogen-bond donors (Lipinski definition) is 0. The average molecular weight is 424 g/mol. The van der Waals surface area contributed by atoms with Crippen molar-refractivity contribution < 1.29 is 18.3 Å². The van der Waals surface area contributed by atoms with E-state index in [9.17, 15) is 13.6 Å². The minimum absolute atomic E-state index is 0.0552. The second-order valence-electron chi connectivity index (χ2n) is 8.13. The van der Waals surface area contributed by atoms with E-state index in [1.807, 2.05) is 33.7 Å². The van der Waals surface area contributed by atoms with Crippen LogP contribution in [0.25, 0.3) is 10.9 Å². The molecule has 0 radical (unpaired) electrons. The van der Waals surface area contributed by atoms with Gasteiger partial charge >= 0.3 is 0 Å². The van der Waals surface area contributed by atoms with Crippen molar-refractivity contribution in [1.82, 2.24) is 9.47 Å². The maximum absolute atomic E-state index is 13.8. The Kier molecular flexibility index (Phi) is 6.07. The largest absolute Gasteiger partial charge is 0.489 e. The zero-order valence-corrected chi connectivity index (χ0v) is 17.6. The van der Waals surface area contributed by atoms with Crippen LogP contribution in [-0.4, -0.2) is 35.1 Å². The number of aromatic nitrogens is 1. The summed E-state index contributed by atoms with van der Waals surface area (Å²) >= 11 is 0. The summed E-state index contributed by atoms with van der Waals surface area (Å²) in [5.41, 5.74) is 1.90. The van der Waals surface area contributed by atoms with Crippen molar-refractivity contribution >= 4 is 16.8 Å². The summed E-state index contributed by atoms with van der Waals surface area (Å²) in [5, 5.41) is 0.806. The van der Waals surface area contributed by atoms with E-state index in [-0.39, 0.29) is 12.5 Å². The molecule has 1 aromatic heterocycles. The van der Waals surface area contributed by atoms with Crippen molar-refractivity contribution in [2.24, 2.45) is 5.92 Å². The number of rotatable bonds is 6. The monoisotopic (exact) mass is 424 g/mol. The molecule has 1 saturated heterocycles. The molecule has 6 heteroatoms. The summed E-state index contributed by atoms with van der Waals surface area (Å²) in [4.78, 5) is 15.3. The molecule has 0 spiro atoms. The second-order valence-corrected chi connectivity index (χ2v) is 8.13. The van der Waals surface area contributed by atoms with Crippen LogP contribution in [0.4, 0.5) is 8.78 Å². The summed E-state index contributed by atoms with van der Waals surface area (Å²) < 4.78 is 34.9. The summed E-state index contributed by atoms with van der Waals surface area (Å²) in [5.74, 6) is -0.582. The highest BCUT2D eigenvalue weighted by molar-refractivity contribution is 6.00. The number of carbonyl (C=O) groups is 1. The van der Waals surface area contributed by atoms with Crippen molar-refractivity contribution in [2.75, 3.05) is 19.7 Å². The van der Waals surface area contributed by atoms with Crippen LogP contribution < -0.4 is 4.74 Å². The number of halogens is 2. The van der Waals surface area contributed by atoms with E-state index in [1.54, 1.807) is 12.1 Å². The van der Waals surface area contributed by atoms with Crippen LogP contribution in [0.2, 0.25) is 0 Å². The van der Waals surface area contributed by atoms with Gasteiger partial charge in [0.1, 0.15) is 18.1 Å². The Balaban J connectivity index is 1.78. The molecule has 31 heavy (non-hydrogen) atoms. The van der Waals surface area contributed by atoms with Crippen molar-refractivity contribution in [3.63, 3.8) is 0 Å². The summed E-state index contributed by atoms with van der Waals surface area (Å²) in [7, 11) is 0. The zero-order valence-electron chi connectivity index (χ0n) is 17.6. The Morgan fingerprint density at radius 3 is 2.65 bits per heavy atom. The third-order valence-corrected chi connectivity index (χ3v) is 5.88. The molecular weight excluding hydrogens is 398 g/mol. The number of likely N-dealkylation sites (tertiary alicyclic amines) is 1. The smallest absolute Gasteiger partial charge is 0.270 e. The van der Waals surface area contributed by atoms with E-state index < -0.39 is 11.6 Å². The van der Waals surface area contributed by atoms with Gasteiger partial charge < -0.3 is 14.2 Å². The molecule has 0 unspecified atom stereocenters. The van der Waals surface area contributed by atoms with Crippen LogP contribution >= 0.6 is 0 Å². The molecular formula is C25H26F2N2O2. The van der Waals surface area contributed by atoms with Gasteiger partial charge in [0.2, 0.25) is 0 Å². The lowest BCUT2D eigenvalue weighted by Crippen LogP contribution is -2.38. The SMILES string of the molecule is C=CCOc1cccc2c1cc(C(=O)N1CCC(C)CC1)n2Cc1ccc(F)c(F)c1. The summed E-state index contributed by atoms with van der Waals surface area (Å²) in [6, 6.07) is 11.3. The average Bonchev–Trinajstić information content (AvgIpc) is 3.14. The third kappa shape index (κ3) is 4.33. The lowest BCUT2D eigenvalue weighted by Gasteiger charge is -2.30. The standard InChI is InChI=1S/C25H26F2N2O2/c1-3-13-31-24-6-4-5-22-19(24)15-23(25(30)28-11-9-17(2)10-12-28)29(22)16-18-7-8-20(26)21(27)14-18/h3-8,14-15,17H,1,9-13,16H2,2H3. The second kappa shape index (κ2) is 8.92. The Morgan fingerprint density at radius 1 is 1.16 bits per heavy atom. The molecule has 0 aliphatic carbocycles. The Bertz CT molecular complexity index is 1110. The van der Waals surface area contributed by atoms with Crippen molar-refractivity contribution in [1.29, 1.82) is 0 Å². The molecule has 0 bridgehead atoms.